The number of nitrogens with one attached hydrogen (secondary N) is 1. The maximum Gasteiger partial charge on any atom is 0.413 e. The normalized spacial score (nSPS) is 10.8. The number of imidazole rings is 1. The highest BCUT2D eigenvalue weighted by Gasteiger charge is 2.11. The lowest BCUT2D eigenvalue weighted by molar-refractivity contribution is 0.167. The van der Waals surface area contributed by atoms with E-state index in [1.807, 2.05) is 29.4 Å². The Morgan fingerprint density at radius 2 is 2.25 bits per heavy atom. The van der Waals surface area contributed by atoms with Crippen molar-refractivity contribution in [3.8, 4) is 0 Å². The summed E-state index contributed by atoms with van der Waals surface area (Å²) in [5.41, 5.74) is 1.86. The predicted octanol–water partition coefficient (Wildman–Crippen LogP) is 3.64. The molecule has 1 N–H and O–H groups in total. The first-order valence-corrected chi connectivity index (χ1v) is 7.67. The number of rotatable bonds is 5. The van der Waals surface area contributed by atoms with Gasteiger partial charge in [-0.15, -0.1) is 11.8 Å². The molecular weight excluding hydrogens is 274 g/mol. The Balaban J connectivity index is 2.25. The molecule has 1 aromatic carbocycles. The molecule has 0 saturated carbocycles. The van der Waals surface area contributed by atoms with Crippen molar-refractivity contribution in [1.82, 2.24) is 9.55 Å². The van der Waals surface area contributed by atoms with Gasteiger partial charge in [-0.05, 0) is 37.3 Å². The van der Waals surface area contributed by atoms with Gasteiger partial charge in [-0.1, -0.05) is 6.92 Å². The lowest BCUT2D eigenvalue weighted by Crippen LogP contribution is -2.16. The smallest absolute Gasteiger partial charge is 0.413 e. The third-order valence-electron chi connectivity index (χ3n) is 2.81. The van der Waals surface area contributed by atoms with Crippen molar-refractivity contribution in [3.05, 3.63) is 18.2 Å². The fourth-order valence-electron chi connectivity index (χ4n) is 1.85. The zero-order valence-corrected chi connectivity index (χ0v) is 12.8. The summed E-state index contributed by atoms with van der Waals surface area (Å²) in [4.78, 5) is 17.1. The number of thioether (sulfide) groups is 1. The summed E-state index contributed by atoms with van der Waals surface area (Å²) in [6.45, 7) is 4.27. The van der Waals surface area contributed by atoms with Crippen molar-refractivity contribution in [2.45, 2.75) is 25.2 Å². The molecule has 0 atom stereocenters. The van der Waals surface area contributed by atoms with E-state index in [1.165, 1.54) is 4.90 Å². The maximum absolute atomic E-state index is 11.5. The van der Waals surface area contributed by atoms with Crippen LogP contribution in [0, 0.1) is 0 Å². The van der Waals surface area contributed by atoms with Crippen molar-refractivity contribution < 1.29 is 9.53 Å². The average Bonchev–Trinajstić information content (AvgIpc) is 2.73. The minimum absolute atomic E-state index is 0.341. The van der Waals surface area contributed by atoms with E-state index in [0.717, 1.165) is 23.2 Å². The maximum atomic E-state index is 11.5. The summed E-state index contributed by atoms with van der Waals surface area (Å²) in [6.07, 6.45) is 0.663. The molecule has 6 heteroatoms. The monoisotopic (exact) mass is 293 g/mol. The molecule has 0 aliphatic rings. The third kappa shape index (κ3) is 3.25. The van der Waals surface area contributed by atoms with Crippen LogP contribution >= 0.6 is 11.8 Å². The van der Waals surface area contributed by atoms with Crippen LogP contribution in [0.5, 0.6) is 0 Å². The lowest BCUT2D eigenvalue weighted by atomic mass is 10.3. The standard InChI is InChI=1S/C14H19N3O2S/c1-4-8-20-10-6-7-11-12(9-10)17(3)13(15-11)16-14(18)19-5-2/h6-7,9H,4-5,8H2,1-3H3,(H,15,16,18). The molecule has 108 valence electrons. The first kappa shape index (κ1) is 14.7. The van der Waals surface area contributed by atoms with Crippen LogP contribution in [0.4, 0.5) is 10.7 Å². The quantitative estimate of drug-likeness (QED) is 0.855. The number of hydrogen-bond donors (Lipinski definition) is 1. The molecule has 0 fully saturated rings. The number of benzene rings is 1. The molecule has 2 aromatic rings. The molecule has 1 aromatic heterocycles. The molecule has 5 nitrogen and oxygen atoms in total. The highest BCUT2D eigenvalue weighted by Crippen LogP contribution is 2.25. The van der Waals surface area contributed by atoms with Gasteiger partial charge in [0.15, 0.2) is 0 Å². The van der Waals surface area contributed by atoms with E-state index in [1.54, 1.807) is 6.92 Å². The Bertz CT molecular complexity index is 610. The Kier molecular flexibility index (Phi) is 4.89. The second-order valence-corrected chi connectivity index (χ2v) is 5.51. The van der Waals surface area contributed by atoms with Crippen molar-refractivity contribution in [3.63, 3.8) is 0 Å². The van der Waals surface area contributed by atoms with Crippen LogP contribution in [0.2, 0.25) is 0 Å². The molecule has 0 spiro atoms. The van der Waals surface area contributed by atoms with E-state index in [9.17, 15) is 4.79 Å². The largest absolute Gasteiger partial charge is 0.450 e. The van der Waals surface area contributed by atoms with E-state index < -0.39 is 6.09 Å². The van der Waals surface area contributed by atoms with Gasteiger partial charge in [-0.25, -0.2) is 9.78 Å². The molecule has 0 aliphatic carbocycles. The number of fused-ring (bicyclic) bond motifs is 1. The summed E-state index contributed by atoms with van der Waals surface area (Å²) in [5.74, 6) is 1.59. The summed E-state index contributed by atoms with van der Waals surface area (Å²) in [6, 6.07) is 6.13. The van der Waals surface area contributed by atoms with Gasteiger partial charge in [0.25, 0.3) is 0 Å². The van der Waals surface area contributed by atoms with Crippen LogP contribution in [0.25, 0.3) is 11.0 Å². The molecule has 0 bridgehead atoms. The first-order chi connectivity index (χ1) is 9.65. The van der Waals surface area contributed by atoms with Crippen LogP contribution in [-0.4, -0.2) is 28.0 Å². The van der Waals surface area contributed by atoms with Gasteiger partial charge in [0.05, 0.1) is 17.6 Å². The number of aryl methyl sites for hydroxylation is 1. The number of carbonyl (C=O) groups is 1. The number of ether oxygens (including phenoxy) is 1. The predicted molar refractivity (Wildman–Crippen MR) is 82.4 cm³/mol. The Hall–Kier alpha value is -1.69. The van der Waals surface area contributed by atoms with Gasteiger partial charge in [-0.3, -0.25) is 5.32 Å². The molecule has 1 heterocycles. The van der Waals surface area contributed by atoms with Crippen LogP contribution in [0.3, 0.4) is 0 Å². The summed E-state index contributed by atoms with van der Waals surface area (Å²) in [5, 5.41) is 2.65. The third-order valence-corrected chi connectivity index (χ3v) is 4.01. The van der Waals surface area contributed by atoms with E-state index in [0.29, 0.717) is 12.6 Å². The topological polar surface area (TPSA) is 56.1 Å². The SMILES string of the molecule is CCCSc1ccc2nc(NC(=O)OCC)n(C)c2c1. The minimum Gasteiger partial charge on any atom is -0.450 e. The summed E-state index contributed by atoms with van der Waals surface area (Å²) in [7, 11) is 1.88. The second-order valence-electron chi connectivity index (χ2n) is 4.34. The van der Waals surface area contributed by atoms with Crippen LogP contribution in [-0.2, 0) is 11.8 Å². The molecule has 0 radical (unpaired) electrons. The molecule has 0 saturated heterocycles. The molecular formula is C14H19N3O2S. The van der Waals surface area contributed by atoms with Gasteiger partial charge in [-0.2, -0.15) is 0 Å². The van der Waals surface area contributed by atoms with Crippen molar-refractivity contribution in [1.29, 1.82) is 0 Å². The Morgan fingerprint density at radius 3 is 2.95 bits per heavy atom. The Morgan fingerprint density at radius 1 is 1.45 bits per heavy atom. The van der Waals surface area contributed by atoms with Crippen molar-refractivity contribution in [2.75, 3.05) is 17.7 Å². The fourth-order valence-corrected chi connectivity index (χ4v) is 2.65. The van der Waals surface area contributed by atoms with Gasteiger partial charge < -0.3 is 9.30 Å². The average molecular weight is 293 g/mol. The van der Waals surface area contributed by atoms with E-state index in [4.69, 9.17) is 4.74 Å². The van der Waals surface area contributed by atoms with Gasteiger partial charge in [0, 0.05) is 11.9 Å². The van der Waals surface area contributed by atoms with Gasteiger partial charge in [0.1, 0.15) is 0 Å². The number of amides is 1. The number of carbonyl (C=O) groups excluding carboxylic acids is 1. The van der Waals surface area contributed by atoms with Crippen LogP contribution < -0.4 is 5.32 Å². The first-order valence-electron chi connectivity index (χ1n) is 6.68. The second kappa shape index (κ2) is 6.65. The van der Waals surface area contributed by atoms with Gasteiger partial charge >= 0.3 is 6.09 Å². The van der Waals surface area contributed by atoms with Crippen LogP contribution in [0.15, 0.2) is 23.1 Å². The number of anilines is 1. The number of hydrogen-bond acceptors (Lipinski definition) is 4. The minimum atomic E-state index is -0.480. The van der Waals surface area contributed by atoms with Crippen LogP contribution in [0.1, 0.15) is 20.3 Å². The highest BCUT2D eigenvalue weighted by molar-refractivity contribution is 7.99. The van der Waals surface area contributed by atoms with Crippen molar-refractivity contribution >= 4 is 34.8 Å². The van der Waals surface area contributed by atoms with E-state index in [2.05, 4.69) is 29.4 Å². The zero-order valence-electron chi connectivity index (χ0n) is 12.0. The van der Waals surface area contributed by atoms with Crippen molar-refractivity contribution in [2.24, 2.45) is 7.05 Å². The Labute approximate surface area is 122 Å². The number of aromatic nitrogens is 2. The number of nitrogens with zero attached hydrogens (tertiary/aromatic N) is 2. The summed E-state index contributed by atoms with van der Waals surface area (Å²) >= 11 is 1.82. The highest BCUT2D eigenvalue weighted by atomic mass is 32.2. The lowest BCUT2D eigenvalue weighted by Gasteiger charge is -2.05. The molecule has 2 rings (SSSR count). The zero-order chi connectivity index (χ0) is 14.5. The molecule has 0 unspecified atom stereocenters. The van der Waals surface area contributed by atoms with E-state index >= 15 is 0 Å². The van der Waals surface area contributed by atoms with Gasteiger partial charge in [0.2, 0.25) is 5.95 Å². The summed E-state index contributed by atoms with van der Waals surface area (Å²) < 4.78 is 6.73. The fraction of sp³-hybridized carbons (Fsp3) is 0.429. The molecule has 20 heavy (non-hydrogen) atoms. The molecule has 0 aliphatic heterocycles. The molecule has 1 amide bonds. The van der Waals surface area contributed by atoms with E-state index in [-0.39, 0.29) is 0 Å².